The van der Waals surface area contributed by atoms with Gasteiger partial charge in [0.1, 0.15) is 0 Å². The van der Waals surface area contributed by atoms with Crippen molar-refractivity contribution in [2.24, 2.45) is 5.73 Å². The van der Waals surface area contributed by atoms with E-state index in [4.69, 9.17) is 5.73 Å². The second kappa shape index (κ2) is 9.45. The van der Waals surface area contributed by atoms with Crippen LogP contribution in [0.15, 0.2) is 97.2 Å². The van der Waals surface area contributed by atoms with E-state index in [0.29, 0.717) is 0 Å². The number of allylic oxidation sites excluding steroid dienone is 4. The largest absolute Gasteiger partial charge is 0.405 e. The lowest BCUT2D eigenvalue weighted by Crippen LogP contribution is -2.14. The smallest absolute Gasteiger partial charge is 0.0159 e. The Morgan fingerprint density at radius 1 is 0.667 bits per heavy atom. The van der Waals surface area contributed by atoms with Gasteiger partial charge in [-0.2, -0.15) is 0 Å². The van der Waals surface area contributed by atoms with Gasteiger partial charge in [0.25, 0.3) is 0 Å². The van der Waals surface area contributed by atoms with Gasteiger partial charge < -0.3 is 5.73 Å². The molecule has 0 atom stereocenters. The molecule has 0 radical (unpaired) electrons. The lowest BCUT2D eigenvalue weighted by Gasteiger charge is -2.22. The highest BCUT2D eigenvalue weighted by molar-refractivity contribution is 5.83. The van der Waals surface area contributed by atoms with E-state index in [1.165, 1.54) is 45.1 Å². The number of fused-ring (bicyclic) bond motifs is 3. The molecule has 0 fully saturated rings. The summed E-state index contributed by atoms with van der Waals surface area (Å²) >= 11 is 0. The van der Waals surface area contributed by atoms with E-state index >= 15 is 0 Å². The first-order chi connectivity index (χ1) is 14.6. The van der Waals surface area contributed by atoms with Crippen LogP contribution in [-0.2, 0) is 5.41 Å². The van der Waals surface area contributed by atoms with Crippen LogP contribution in [0, 0.1) is 0 Å². The predicted octanol–water partition coefficient (Wildman–Crippen LogP) is 7.73. The lowest BCUT2D eigenvalue weighted by atomic mass is 9.81. The van der Waals surface area contributed by atoms with Crippen molar-refractivity contribution in [2.45, 2.75) is 33.1 Å². The fourth-order valence-corrected chi connectivity index (χ4v) is 4.03. The van der Waals surface area contributed by atoms with E-state index in [0.717, 1.165) is 0 Å². The maximum absolute atomic E-state index is 5.31. The maximum Gasteiger partial charge on any atom is 0.0159 e. The summed E-state index contributed by atoms with van der Waals surface area (Å²) in [6.07, 6.45) is 11.3. The Morgan fingerprint density at radius 3 is 2.03 bits per heavy atom. The van der Waals surface area contributed by atoms with Gasteiger partial charge in [0.15, 0.2) is 0 Å². The third-order valence-corrected chi connectivity index (χ3v) is 5.56. The average molecular weight is 394 g/mol. The van der Waals surface area contributed by atoms with Crippen LogP contribution in [-0.4, -0.2) is 0 Å². The molecule has 152 valence electrons. The molecular weight excluding hydrogens is 362 g/mol. The van der Waals surface area contributed by atoms with Gasteiger partial charge in [-0.25, -0.2) is 0 Å². The predicted molar refractivity (Wildman–Crippen MR) is 132 cm³/mol. The third-order valence-electron chi connectivity index (χ3n) is 5.56. The summed E-state index contributed by atoms with van der Waals surface area (Å²) in [6, 6.07) is 24.4. The minimum absolute atomic E-state index is 0.0366. The van der Waals surface area contributed by atoms with Gasteiger partial charge in [0, 0.05) is 5.41 Å². The Hall–Kier alpha value is -3.32. The molecule has 0 heterocycles. The second-order valence-corrected chi connectivity index (χ2v) is 7.68. The first kappa shape index (κ1) is 21.4. The lowest BCUT2D eigenvalue weighted by molar-refractivity contribution is 0.660. The summed E-state index contributed by atoms with van der Waals surface area (Å²) in [6.45, 7) is 8.64. The molecule has 2 N–H and O–H groups in total. The van der Waals surface area contributed by atoms with Gasteiger partial charge in [-0.1, -0.05) is 113 Å². The fourth-order valence-electron chi connectivity index (χ4n) is 4.03. The van der Waals surface area contributed by atoms with Crippen molar-refractivity contribution in [3.05, 3.63) is 114 Å². The van der Waals surface area contributed by atoms with Crippen molar-refractivity contribution >= 4 is 6.08 Å². The highest BCUT2D eigenvalue weighted by atomic mass is 14.5. The minimum Gasteiger partial charge on any atom is -0.405 e. The van der Waals surface area contributed by atoms with Crippen LogP contribution in [0.4, 0.5) is 0 Å². The van der Waals surface area contributed by atoms with Crippen LogP contribution in [0.25, 0.3) is 28.3 Å². The Balaban J connectivity index is 0.00000124. The number of benzene rings is 3. The van der Waals surface area contributed by atoms with Crippen molar-refractivity contribution in [3.8, 4) is 22.3 Å². The Labute approximate surface area is 181 Å². The molecule has 0 spiro atoms. The zero-order chi connectivity index (χ0) is 21.6. The Kier molecular flexibility index (Phi) is 6.74. The molecule has 0 aliphatic heterocycles. The standard InChI is InChI=1S/C27H25N.C2H6/c1-27(2)25-11-7-6-10-23(25)24-17-16-22(19-26(24)27)21-14-12-20(13-15-21)9-5-3-4-8-18-28;1-2/h3-19H,28H2,1-2H3;1-2H3/b4-3-,9-5-,18-8+;. The molecule has 1 aliphatic rings. The summed E-state index contributed by atoms with van der Waals surface area (Å²) in [5.74, 6) is 0. The van der Waals surface area contributed by atoms with Gasteiger partial charge in [0.05, 0.1) is 0 Å². The van der Waals surface area contributed by atoms with E-state index in [1.54, 1.807) is 6.08 Å². The van der Waals surface area contributed by atoms with Crippen LogP contribution in [0.1, 0.15) is 44.4 Å². The molecule has 0 saturated heterocycles. The van der Waals surface area contributed by atoms with E-state index in [9.17, 15) is 0 Å². The topological polar surface area (TPSA) is 26.0 Å². The molecule has 0 bridgehead atoms. The van der Waals surface area contributed by atoms with Crippen LogP contribution in [0.5, 0.6) is 0 Å². The normalized spacial score (nSPS) is 14.0. The molecule has 0 amide bonds. The second-order valence-electron chi connectivity index (χ2n) is 7.68. The molecule has 3 aromatic rings. The van der Waals surface area contributed by atoms with E-state index in [1.807, 2.05) is 32.1 Å². The van der Waals surface area contributed by atoms with E-state index in [-0.39, 0.29) is 5.41 Å². The van der Waals surface area contributed by atoms with Crippen molar-refractivity contribution in [1.82, 2.24) is 0 Å². The quantitative estimate of drug-likeness (QED) is 0.451. The van der Waals surface area contributed by atoms with E-state index in [2.05, 4.69) is 86.7 Å². The summed E-state index contributed by atoms with van der Waals surface area (Å²) in [5, 5.41) is 0. The zero-order valence-electron chi connectivity index (χ0n) is 18.4. The van der Waals surface area contributed by atoms with Gasteiger partial charge in [-0.15, -0.1) is 0 Å². The highest BCUT2D eigenvalue weighted by Gasteiger charge is 2.35. The van der Waals surface area contributed by atoms with Gasteiger partial charge in [-0.3, -0.25) is 0 Å². The monoisotopic (exact) mass is 393 g/mol. The number of hydrogen-bond acceptors (Lipinski definition) is 1. The van der Waals surface area contributed by atoms with Gasteiger partial charge >= 0.3 is 0 Å². The highest BCUT2D eigenvalue weighted by Crippen LogP contribution is 2.49. The van der Waals surface area contributed by atoms with Crippen molar-refractivity contribution in [1.29, 1.82) is 0 Å². The van der Waals surface area contributed by atoms with Crippen molar-refractivity contribution in [2.75, 3.05) is 0 Å². The van der Waals surface area contributed by atoms with E-state index < -0.39 is 0 Å². The molecule has 0 unspecified atom stereocenters. The SMILES string of the molecule is CC.CC1(C)c2ccccc2-c2ccc(-c3ccc(\C=C/C=C\C=C\N)cc3)cc21. The molecule has 1 aliphatic carbocycles. The molecule has 30 heavy (non-hydrogen) atoms. The molecule has 0 saturated carbocycles. The van der Waals surface area contributed by atoms with Crippen LogP contribution >= 0.6 is 0 Å². The molecule has 3 aromatic carbocycles. The number of rotatable bonds is 4. The molecule has 1 heteroatoms. The Morgan fingerprint density at radius 2 is 1.30 bits per heavy atom. The van der Waals surface area contributed by atoms with Gasteiger partial charge in [0.2, 0.25) is 0 Å². The van der Waals surface area contributed by atoms with Crippen LogP contribution in [0.2, 0.25) is 0 Å². The summed E-state index contributed by atoms with van der Waals surface area (Å²) < 4.78 is 0. The van der Waals surface area contributed by atoms with Crippen molar-refractivity contribution in [3.63, 3.8) is 0 Å². The summed E-state index contributed by atoms with van der Waals surface area (Å²) in [7, 11) is 0. The Bertz CT molecular complexity index is 1080. The van der Waals surface area contributed by atoms with Crippen LogP contribution < -0.4 is 5.73 Å². The zero-order valence-corrected chi connectivity index (χ0v) is 18.4. The fraction of sp³-hybridized carbons (Fsp3) is 0.172. The molecular formula is C29H31N. The first-order valence-corrected chi connectivity index (χ1v) is 10.7. The third kappa shape index (κ3) is 4.16. The number of hydrogen-bond donors (Lipinski definition) is 1. The summed E-state index contributed by atoms with van der Waals surface area (Å²) in [4.78, 5) is 0. The molecule has 0 aromatic heterocycles. The average Bonchev–Trinajstić information content (AvgIpc) is 3.02. The van der Waals surface area contributed by atoms with Gasteiger partial charge in [-0.05, 0) is 57.3 Å². The van der Waals surface area contributed by atoms with Crippen molar-refractivity contribution < 1.29 is 0 Å². The first-order valence-electron chi connectivity index (χ1n) is 10.7. The molecule has 1 nitrogen and oxygen atoms in total. The van der Waals surface area contributed by atoms with Crippen LogP contribution in [0.3, 0.4) is 0 Å². The molecule has 4 rings (SSSR count). The summed E-state index contributed by atoms with van der Waals surface area (Å²) in [5.41, 5.74) is 14.6. The number of nitrogens with two attached hydrogens (primary N) is 1. The maximum atomic E-state index is 5.31. The minimum atomic E-state index is 0.0366.